The van der Waals surface area contributed by atoms with Crippen molar-refractivity contribution in [3.63, 3.8) is 0 Å². The van der Waals surface area contributed by atoms with E-state index in [4.69, 9.17) is 9.47 Å². The second kappa shape index (κ2) is 7.27. The summed E-state index contributed by atoms with van der Waals surface area (Å²) in [6.07, 6.45) is 3.24. The third-order valence-electron chi connectivity index (χ3n) is 3.12. The normalized spacial score (nSPS) is 26.0. The predicted octanol–water partition coefficient (Wildman–Crippen LogP) is 0.869. The molecular formula is C12H21NO4. The Morgan fingerprint density at radius 2 is 2.35 bits per heavy atom. The summed E-state index contributed by atoms with van der Waals surface area (Å²) in [7, 11) is 0. The first-order chi connectivity index (χ1) is 8.22. The minimum Gasteiger partial charge on any atom is -0.464 e. The molecule has 1 aliphatic heterocycles. The number of hydrogen-bond acceptors (Lipinski definition) is 4. The highest BCUT2D eigenvalue weighted by Gasteiger charge is 2.33. The molecule has 0 aromatic carbocycles. The lowest BCUT2D eigenvalue weighted by Crippen LogP contribution is -2.46. The zero-order valence-corrected chi connectivity index (χ0v) is 10.5. The first kappa shape index (κ1) is 14.0. The molecule has 0 aliphatic carbocycles. The number of rotatable bonds is 6. The van der Waals surface area contributed by atoms with Crippen LogP contribution in [-0.4, -0.2) is 37.7 Å². The van der Waals surface area contributed by atoms with Gasteiger partial charge >= 0.3 is 5.97 Å². The standard InChI is InChI=1S/C12H21NO4/c1-3-10-7-9(5-6-17-10)11(13-8-14)12(15)16-4-2/h8-11H,3-7H2,1-2H3,(H,13,14)/t9?,10-,11?/m1/s1. The van der Waals surface area contributed by atoms with E-state index in [1.54, 1.807) is 6.92 Å². The van der Waals surface area contributed by atoms with E-state index in [1.807, 2.05) is 0 Å². The minimum absolute atomic E-state index is 0.109. The second-order valence-corrected chi connectivity index (χ2v) is 4.20. The van der Waals surface area contributed by atoms with Gasteiger partial charge in [-0.15, -0.1) is 0 Å². The van der Waals surface area contributed by atoms with Gasteiger partial charge in [-0.2, -0.15) is 0 Å². The molecule has 1 N–H and O–H groups in total. The molecule has 1 fully saturated rings. The van der Waals surface area contributed by atoms with Crippen LogP contribution in [0.2, 0.25) is 0 Å². The number of nitrogens with one attached hydrogen (secondary N) is 1. The minimum atomic E-state index is -0.537. The predicted molar refractivity (Wildman–Crippen MR) is 62.4 cm³/mol. The number of esters is 1. The lowest BCUT2D eigenvalue weighted by atomic mass is 9.88. The zero-order valence-electron chi connectivity index (χ0n) is 10.5. The molecule has 1 aliphatic rings. The molecule has 0 aromatic rings. The van der Waals surface area contributed by atoms with Crippen LogP contribution in [0, 0.1) is 5.92 Å². The van der Waals surface area contributed by atoms with E-state index in [2.05, 4.69) is 12.2 Å². The van der Waals surface area contributed by atoms with Crippen LogP contribution in [0.25, 0.3) is 0 Å². The van der Waals surface area contributed by atoms with Gasteiger partial charge in [0, 0.05) is 6.61 Å². The second-order valence-electron chi connectivity index (χ2n) is 4.20. The summed E-state index contributed by atoms with van der Waals surface area (Å²) < 4.78 is 10.5. The van der Waals surface area contributed by atoms with Crippen molar-refractivity contribution < 1.29 is 19.1 Å². The van der Waals surface area contributed by atoms with Crippen LogP contribution in [0.4, 0.5) is 0 Å². The third-order valence-corrected chi connectivity index (χ3v) is 3.12. The smallest absolute Gasteiger partial charge is 0.328 e. The van der Waals surface area contributed by atoms with Gasteiger partial charge in [0.15, 0.2) is 0 Å². The number of carbonyl (C=O) groups is 2. The molecule has 0 spiro atoms. The molecule has 1 heterocycles. The van der Waals surface area contributed by atoms with Crippen LogP contribution in [0.5, 0.6) is 0 Å². The van der Waals surface area contributed by atoms with Gasteiger partial charge in [-0.05, 0) is 32.1 Å². The van der Waals surface area contributed by atoms with E-state index < -0.39 is 6.04 Å². The lowest BCUT2D eigenvalue weighted by Gasteiger charge is -2.32. The third kappa shape index (κ3) is 4.00. The van der Waals surface area contributed by atoms with Crippen molar-refractivity contribution in [2.45, 2.75) is 45.3 Å². The molecule has 0 aromatic heterocycles. The quantitative estimate of drug-likeness (QED) is 0.555. The van der Waals surface area contributed by atoms with Crippen LogP contribution in [0.15, 0.2) is 0 Å². The largest absolute Gasteiger partial charge is 0.464 e. The highest BCUT2D eigenvalue weighted by atomic mass is 16.5. The van der Waals surface area contributed by atoms with E-state index in [-0.39, 0.29) is 18.0 Å². The summed E-state index contributed by atoms with van der Waals surface area (Å²) in [5.74, 6) is -0.237. The molecule has 5 heteroatoms. The van der Waals surface area contributed by atoms with Crippen molar-refractivity contribution in [1.29, 1.82) is 0 Å². The molecule has 1 rings (SSSR count). The van der Waals surface area contributed by atoms with Crippen LogP contribution in [0.3, 0.4) is 0 Å². The summed E-state index contributed by atoms with van der Waals surface area (Å²) in [5.41, 5.74) is 0. The van der Waals surface area contributed by atoms with Gasteiger partial charge in [-0.25, -0.2) is 4.79 Å². The highest BCUT2D eigenvalue weighted by Crippen LogP contribution is 2.25. The van der Waals surface area contributed by atoms with E-state index in [0.717, 1.165) is 19.3 Å². The monoisotopic (exact) mass is 243 g/mol. The van der Waals surface area contributed by atoms with Crippen molar-refractivity contribution in [3.8, 4) is 0 Å². The van der Waals surface area contributed by atoms with Gasteiger partial charge < -0.3 is 14.8 Å². The van der Waals surface area contributed by atoms with Crippen LogP contribution < -0.4 is 5.32 Å². The number of amides is 1. The zero-order chi connectivity index (χ0) is 12.7. The molecule has 0 bridgehead atoms. The molecule has 17 heavy (non-hydrogen) atoms. The Morgan fingerprint density at radius 3 is 2.94 bits per heavy atom. The van der Waals surface area contributed by atoms with Crippen molar-refractivity contribution in [2.75, 3.05) is 13.2 Å². The maximum Gasteiger partial charge on any atom is 0.328 e. The molecular weight excluding hydrogens is 222 g/mol. The van der Waals surface area contributed by atoms with E-state index in [9.17, 15) is 9.59 Å². The Bertz CT molecular complexity index is 257. The van der Waals surface area contributed by atoms with Crippen LogP contribution in [0.1, 0.15) is 33.1 Å². The van der Waals surface area contributed by atoms with Gasteiger partial charge in [-0.1, -0.05) is 6.92 Å². The Labute approximate surface area is 102 Å². The Hall–Kier alpha value is -1.10. The van der Waals surface area contributed by atoms with Crippen LogP contribution >= 0.6 is 0 Å². The molecule has 0 saturated carbocycles. The SMILES string of the molecule is CCOC(=O)C(NC=O)C1CCO[C@H](CC)C1. The lowest BCUT2D eigenvalue weighted by molar-refractivity contribution is -0.149. The number of hydrogen-bond donors (Lipinski definition) is 1. The van der Waals surface area contributed by atoms with Gasteiger partial charge in [0.25, 0.3) is 0 Å². The average Bonchev–Trinajstić information content (AvgIpc) is 2.36. The van der Waals surface area contributed by atoms with Gasteiger partial charge in [0.2, 0.25) is 6.41 Å². The summed E-state index contributed by atoms with van der Waals surface area (Å²) in [6, 6.07) is -0.537. The highest BCUT2D eigenvalue weighted by molar-refractivity contribution is 5.78. The first-order valence-electron chi connectivity index (χ1n) is 6.20. The summed E-state index contributed by atoms with van der Waals surface area (Å²) in [5, 5.41) is 2.57. The maximum absolute atomic E-state index is 11.7. The maximum atomic E-state index is 11.7. The molecule has 98 valence electrons. The first-order valence-corrected chi connectivity index (χ1v) is 6.20. The molecule has 5 nitrogen and oxygen atoms in total. The molecule has 1 amide bonds. The topological polar surface area (TPSA) is 64.6 Å². The number of carbonyl (C=O) groups excluding carboxylic acids is 2. The van der Waals surface area contributed by atoms with Crippen molar-refractivity contribution in [3.05, 3.63) is 0 Å². The van der Waals surface area contributed by atoms with Crippen molar-refractivity contribution in [1.82, 2.24) is 5.32 Å². The molecule has 1 saturated heterocycles. The Kier molecular flexibility index (Phi) is 5.97. The fraction of sp³-hybridized carbons (Fsp3) is 0.833. The van der Waals surface area contributed by atoms with Gasteiger partial charge in [0.1, 0.15) is 6.04 Å². The summed E-state index contributed by atoms with van der Waals surface area (Å²) in [6.45, 7) is 4.78. The van der Waals surface area contributed by atoms with E-state index in [1.165, 1.54) is 0 Å². The molecule has 2 unspecified atom stereocenters. The van der Waals surface area contributed by atoms with Crippen molar-refractivity contribution in [2.24, 2.45) is 5.92 Å². The van der Waals surface area contributed by atoms with Gasteiger partial charge in [-0.3, -0.25) is 4.79 Å². The van der Waals surface area contributed by atoms with Gasteiger partial charge in [0.05, 0.1) is 12.7 Å². The summed E-state index contributed by atoms with van der Waals surface area (Å²) >= 11 is 0. The van der Waals surface area contributed by atoms with Crippen molar-refractivity contribution >= 4 is 12.4 Å². The van der Waals surface area contributed by atoms with E-state index >= 15 is 0 Å². The van der Waals surface area contributed by atoms with E-state index in [0.29, 0.717) is 19.6 Å². The molecule has 0 radical (unpaired) electrons. The fourth-order valence-electron chi connectivity index (χ4n) is 2.20. The molecule has 3 atom stereocenters. The fourth-order valence-corrected chi connectivity index (χ4v) is 2.20. The Morgan fingerprint density at radius 1 is 1.59 bits per heavy atom. The summed E-state index contributed by atoms with van der Waals surface area (Å²) in [4.78, 5) is 22.3. The van der Waals surface area contributed by atoms with Crippen LogP contribution in [-0.2, 0) is 19.1 Å². The average molecular weight is 243 g/mol. The Balaban J connectivity index is 2.61. The number of ether oxygens (including phenoxy) is 2.